The van der Waals surface area contributed by atoms with Gasteiger partial charge in [0, 0.05) is 0 Å². The Morgan fingerprint density at radius 1 is 1.50 bits per heavy atom. The van der Waals surface area contributed by atoms with Crippen LogP contribution in [-0.4, -0.2) is 6.03 Å². The first-order chi connectivity index (χ1) is 5.70. The molecule has 0 atom stereocenters. The van der Waals surface area contributed by atoms with E-state index in [0.717, 1.165) is 5.56 Å². The molecule has 0 saturated carbocycles. The van der Waals surface area contributed by atoms with E-state index in [1.54, 1.807) is 6.07 Å². The van der Waals surface area contributed by atoms with Gasteiger partial charge in [0.2, 0.25) is 0 Å². The molecule has 4 heteroatoms. The summed E-state index contributed by atoms with van der Waals surface area (Å²) in [5.74, 6) is 0.594. The molecule has 4 nitrogen and oxygen atoms in total. The fraction of sp³-hybridized carbons (Fsp3) is 0.125. The van der Waals surface area contributed by atoms with Crippen LogP contribution in [0.15, 0.2) is 24.3 Å². The quantitative estimate of drug-likeness (QED) is 0.642. The summed E-state index contributed by atoms with van der Waals surface area (Å²) in [6.45, 7) is 1.87. The SMILES string of the molecule is Cc1ccccc1ONC(N)=O. The molecule has 0 aliphatic heterocycles. The third kappa shape index (κ3) is 2.16. The summed E-state index contributed by atoms with van der Waals surface area (Å²) in [4.78, 5) is 15.1. The first kappa shape index (κ1) is 8.39. The minimum atomic E-state index is -0.710. The number of hydrogen-bond donors (Lipinski definition) is 2. The molecular weight excluding hydrogens is 156 g/mol. The number of para-hydroxylation sites is 1. The zero-order valence-corrected chi connectivity index (χ0v) is 6.70. The molecule has 64 valence electrons. The number of rotatable bonds is 2. The molecule has 0 unspecified atom stereocenters. The fourth-order valence-corrected chi connectivity index (χ4v) is 0.776. The highest BCUT2D eigenvalue weighted by molar-refractivity contribution is 5.70. The standard InChI is InChI=1S/C8H10N2O2/c1-6-4-2-3-5-7(6)12-10-8(9)11/h2-5H,1H3,(H3,9,10,11). The number of primary amides is 1. The van der Waals surface area contributed by atoms with Crippen LogP contribution in [0.1, 0.15) is 5.56 Å². The molecule has 0 aromatic heterocycles. The van der Waals surface area contributed by atoms with Gasteiger partial charge in [-0.3, -0.25) is 0 Å². The van der Waals surface area contributed by atoms with Crippen molar-refractivity contribution in [2.24, 2.45) is 5.73 Å². The van der Waals surface area contributed by atoms with E-state index in [9.17, 15) is 4.79 Å². The summed E-state index contributed by atoms with van der Waals surface area (Å²) in [6.07, 6.45) is 0. The van der Waals surface area contributed by atoms with E-state index in [4.69, 9.17) is 10.6 Å². The van der Waals surface area contributed by atoms with Crippen molar-refractivity contribution < 1.29 is 9.63 Å². The normalized spacial score (nSPS) is 9.08. The molecule has 0 fully saturated rings. The maximum atomic E-state index is 10.3. The van der Waals surface area contributed by atoms with Gasteiger partial charge in [0.1, 0.15) is 0 Å². The van der Waals surface area contributed by atoms with E-state index in [1.165, 1.54) is 0 Å². The van der Waals surface area contributed by atoms with E-state index in [1.807, 2.05) is 30.6 Å². The van der Waals surface area contributed by atoms with E-state index in [-0.39, 0.29) is 0 Å². The Bertz CT molecular complexity index is 286. The van der Waals surface area contributed by atoms with Crippen LogP contribution in [-0.2, 0) is 0 Å². The van der Waals surface area contributed by atoms with Gasteiger partial charge in [0.25, 0.3) is 0 Å². The van der Waals surface area contributed by atoms with Gasteiger partial charge in [0.05, 0.1) is 0 Å². The summed E-state index contributed by atoms with van der Waals surface area (Å²) in [7, 11) is 0. The Kier molecular flexibility index (Phi) is 2.53. The van der Waals surface area contributed by atoms with Crippen LogP contribution in [0.25, 0.3) is 0 Å². The van der Waals surface area contributed by atoms with Crippen LogP contribution in [0, 0.1) is 6.92 Å². The summed E-state index contributed by atoms with van der Waals surface area (Å²) >= 11 is 0. The molecule has 0 heterocycles. The predicted molar refractivity (Wildman–Crippen MR) is 44.5 cm³/mol. The van der Waals surface area contributed by atoms with Crippen LogP contribution < -0.4 is 16.1 Å². The van der Waals surface area contributed by atoms with Gasteiger partial charge in [0.15, 0.2) is 5.75 Å². The lowest BCUT2D eigenvalue weighted by atomic mass is 10.2. The van der Waals surface area contributed by atoms with Crippen LogP contribution >= 0.6 is 0 Å². The maximum absolute atomic E-state index is 10.3. The smallest absolute Gasteiger partial charge is 0.345 e. The van der Waals surface area contributed by atoms with E-state index in [0.29, 0.717) is 5.75 Å². The van der Waals surface area contributed by atoms with Crippen molar-refractivity contribution in [3.63, 3.8) is 0 Å². The lowest BCUT2D eigenvalue weighted by Gasteiger charge is -2.05. The second-order valence-electron chi connectivity index (χ2n) is 2.33. The molecule has 0 spiro atoms. The molecule has 0 aliphatic rings. The number of carbonyl (C=O) groups excluding carboxylic acids is 1. The molecule has 1 rings (SSSR count). The Hall–Kier alpha value is -1.71. The highest BCUT2D eigenvalue weighted by atomic mass is 16.7. The van der Waals surface area contributed by atoms with Gasteiger partial charge in [-0.25, -0.2) is 4.79 Å². The third-order valence-corrected chi connectivity index (χ3v) is 1.36. The van der Waals surface area contributed by atoms with Gasteiger partial charge >= 0.3 is 6.03 Å². The zero-order valence-electron chi connectivity index (χ0n) is 6.70. The van der Waals surface area contributed by atoms with Crippen molar-refractivity contribution in [1.82, 2.24) is 5.48 Å². The maximum Gasteiger partial charge on any atom is 0.345 e. The average Bonchev–Trinajstić information content (AvgIpc) is 2.03. The minimum absolute atomic E-state index is 0.594. The van der Waals surface area contributed by atoms with Gasteiger partial charge in [-0.15, -0.1) is 0 Å². The molecule has 0 radical (unpaired) electrons. The molecule has 3 N–H and O–H groups in total. The fourth-order valence-electron chi connectivity index (χ4n) is 0.776. The largest absolute Gasteiger partial charge is 0.378 e. The van der Waals surface area contributed by atoms with Crippen molar-refractivity contribution in [3.05, 3.63) is 29.8 Å². The molecule has 2 amide bonds. The van der Waals surface area contributed by atoms with Crippen molar-refractivity contribution >= 4 is 6.03 Å². The Morgan fingerprint density at radius 2 is 2.17 bits per heavy atom. The van der Waals surface area contributed by atoms with Crippen molar-refractivity contribution in [2.45, 2.75) is 6.92 Å². The summed E-state index contributed by atoms with van der Waals surface area (Å²) in [5.41, 5.74) is 7.79. The number of aryl methyl sites for hydroxylation is 1. The lowest BCUT2D eigenvalue weighted by molar-refractivity contribution is 0.185. The third-order valence-electron chi connectivity index (χ3n) is 1.36. The van der Waals surface area contributed by atoms with Crippen LogP contribution in [0.5, 0.6) is 5.75 Å². The predicted octanol–water partition coefficient (Wildman–Crippen LogP) is 0.957. The average molecular weight is 166 g/mol. The molecule has 0 aliphatic carbocycles. The highest BCUT2D eigenvalue weighted by Crippen LogP contribution is 2.14. The monoisotopic (exact) mass is 166 g/mol. The van der Waals surface area contributed by atoms with Crippen molar-refractivity contribution in [3.8, 4) is 5.75 Å². The zero-order chi connectivity index (χ0) is 8.97. The number of nitrogens with two attached hydrogens (primary N) is 1. The number of nitrogens with one attached hydrogen (secondary N) is 1. The first-order valence-electron chi connectivity index (χ1n) is 3.48. The first-order valence-corrected chi connectivity index (χ1v) is 3.48. The van der Waals surface area contributed by atoms with Gasteiger partial charge in [-0.2, -0.15) is 5.48 Å². The van der Waals surface area contributed by atoms with E-state index in [2.05, 4.69) is 0 Å². The summed E-state index contributed by atoms with van der Waals surface area (Å²) in [5, 5.41) is 0. The van der Waals surface area contributed by atoms with Gasteiger partial charge in [-0.1, -0.05) is 18.2 Å². The second kappa shape index (κ2) is 3.61. The number of urea groups is 1. The van der Waals surface area contributed by atoms with E-state index >= 15 is 0 Å². The lowest BCUT2D eigenvalue weighted by Crippen LogP contribution is -2.32. The second-order valence-corrected chi connectivity index (χ2v) is 2.33. The Morgan fingerprint density at radius 3 is 2.75 bits per heavy atom. The minimum Gasteiger partial charge on any atom is -0.378 e. The molecule has 0 bridgehead atoms. The molecule has 1 aromatic carbocycles. The molecule has 12 heavy (non-hydrogen) atoms. The number of benzene rings is 1. The van der Waals surface area contributed by atoms with Crippen molar-refractivity contribution in [1.29, 1.82) is 0 Å². The van der Waals surface area contributed by atoms with E-state index < -0.39 is 6.03 Å². The highest BCUT2D eigenvalue weighted by Gasteiger charge is 1.97. The van der Waals surface area contributed by atoms with Crippen LogP contribution in [0.2, 0.25) is 0 Å². The number of carbonyl (C=O) groups is 1. The van der Waals surface area contributed by atoms with Crippen LogP contribution in [0.4, 0.5) is 4.79 Å². The van der Waals surface area contributed by atoms with Gasteiger partial charge in [-0.05, 0) is 18.6 Å². The molecular formula is C8H10N2O2. The molecule has 0 saturated heterocycles. The van der Waals surface area contributed by atoms with Crippen molar-refractivity contribution in [2.75, 3.05) is 0 Å². The van der Waals surface area contributed by atoms with Gasteiger partial charge < -0.3 is 10.6 Å². The Balaban J connectivity index is 2.63. The summed E-state index contributed by atoms with van der Waals surface area (Å²) in [6, 6.07) is 6.60. The van der Waals surface area contributed by atoms with Crippen LogP contribution in [0.3, 0.4) is 0 Å². The molecule has 1 aromatic rings. The summed E-state index contributed by atoms with van der Waals surface area (Å²) < 4.78 is 0. The Labute approximate surface area is 70.3 Å². The number of hydrogen-bond acceptors (Lipinski definition) is 2. The topological polar surface area (TPSA) is 64.3 Å². The number of amides is 2. The number of hydroxylamine groups is 1.